The Bertz CT molecular complexity index is 150. The molecule has 50 valence electrons. The molecule has 2 heteroatoms. The standard InChI is InChI=1S/C7H12N2/c1-4-5-7(8)9-6(2)3/h4-5H,1,8H2,2-3H3/b7-5-. The largest absolute Gasteiger partial charge is 0.384 e. The van der Waals surface area contributed by atoms with Gasteiger partial charge in [0, 0.05) is 5.71 Å². The normalized spacial score (nSPS) is 10.7. The lowest BCUT2D eigenvalue weighted by atomic mass is 10.5. The van der Waals surface area contributed by atoms with Gasteiger partial charge in [-0.1, -0.05) is 12.7 Å². The Hall–Kier alpha value is -1.05. The summed E-state index contributed by atoms with van der Waals surface area (Å²) in [4.78, 5) is 3.95. The first-order valence-electron chi connectivity index (χ1n) is 2.77. The van der Waals surface area contributed by atoms with E-state index in [9.17, 15) is 0 Å². The van der Waals surface area contributed by atoms with E-state index in [2.05, 4.69) is 11.6 Å². The second-order valence-corrected chi connectivity index (χ2v) is 1.89. The molecule has 0 amide bonds. The van der Waals surface area contributed by atoms with Crippen molar-refractivity contribution >= 4 is 5.71 Å². The predicted molar refractivity (Wildman–Crippen MR) is 41.3 cm³/mol. The topological polar surface area (TPSA) is 38.4 Å². The van der Waals surface area contributed by atoms with Crippen LogP contribution in [-0.2, 0) is 0 Å². The van der Waals surface area contributed by atoms with Crippen molar-refractivity contribution in [3.63, 3.8) is 0 Å². The average molecular weight is 124 g/mol. The van der Waals surface area contributed by atoms with Crippen molar-refractivity contribution in [1.29, 1.82) is 0 Å². The van der Waals surface area contributed by atoms with Crippen molar-refractivity contribution in [2.45, 2.75) is 13.8 Å². The van der Waals surface area contributed by atoms with Gasteiger partial charge in [-0.15, -0.1) is 0 Å². The van der Waals surface area contributed by atoms with Crippen LogP contribution in [0.25, 0.3) is 0 Å². The molecule has 0 spiro atoms. The molecule has 0 atom stereocenters. The van der Waals surface area contributed by atoms with Gasteiger partial charge in [-0.05, 0) is 19.9 Å². The lowest BCUT2D eigenvalue weighted by Gasteiger charge is -1.89. The maximum Gasteiger partial charge on any atom is 0.123 e. The van der Waals surface area contributed by atoms with Crippen LogP contribution in [0.5, 0.6) is 0 Å². The zero-order chi connectivity index (χ0) is 7.28. The first kappa shape index (κ1) is 7.95. The number of hydrogen-bond acceptors (Lipinski definition) is 2. The molecule has 2 nitrogen and oxygen atoms in total. The van der Waals surface area contributed by atoms with Crippen LogP contribution >= 0.6 is 0 Å². The molecule has 0 saturated heterocycles. The van der Waals surface area contributed by atoms with Crippen molar-refractivity contribution in [3.05, 3.63) is 24.6 Å². The first-order chi connectivity index (χ1) is 4.16. The fourth-order valence-electron chi connectivity index (χ4n) is 0.416. The maximum atomic E-state index is 5.39. The number of nitrogens with zero attached hydrogens (tertiary/aromatic N) is 1. The van der Waals surface area contributed by atoms with E-state index in [1.807, 2.05) is 13.8 Å². The summed E-state index contributed by atoms with van der Waals surface area (Å²) in [5, 5.41) is 0. The van der Waals surface area contributed by atoms with Crippen molar-refractivity contribution in [2.75, 3.05) is 0 Å². The Labute approximate surface area is 55.8 Å². The summed E-state index contributed by atoms with van der Waals surface area (Å²) in [6, 6.07) is 0. The lowest BCUT2D eigenvalue weighted by molar-refractivity contribution is 1.23. The van der Waals surface area contributed by atoms with Crippen LogP contribution in [0, 0.1) is 0 Å². The van der Waals surface area contributed by atoms with Crippen LogP contribution < -0.4 is 5.73 Å². The molecule has 0 fully saturated rings. The first-order valence-corrected chi connectivity index (χ1v) is 2.77. The van der Waals surface area contributed by atoms with Gasteiger partial charge >= 0.3 is 0 Å². The van der Waals surface area contributed by atoms with Crippen LogP contribution in [0.1, 0.15) is 13.8 Å². The van der Waals surface area contributed by atoms with Gasteiger partial charge in [0.05, 0.1) is 0 Å². The molecule has 0 rings (SSSR count). The van der Waals surface area contributed by atoms with Crippen LogP contribution in [0.4, 0.5) is 0 Å². The Morgan fingerprint density at radius 3 is 2.44 bits per heavy atom. The minimum Gasteiger partial charge on any atom is -0.384 e. The number of rotatable bonds is 2. The van der Waals surface area contributed by atoms with E-state index in [0.717, 1.165) is 5.71 Å². The Kier molecular flexibility index (Phi) is 3.44. The summed E-state index contributed by atoms with van der Waals surface area (Å²) in [6.07, 6.45) is 3.27. The summed E-state index contributed by atoms with van der Waals surface area (Å²) in [7, 11) is 0. The second-order valence-electron chi connectivity index (χ2n) is 1.89. The van der Waals surface area contributed by atoms with E-state index in [1.54, 1.807) is 12.2 Å². The minimum absolute atomic E-state index is 0.505. The Morgan fingerprint density at radius 1 is 1.56 bits per heavy atom. The van der Waals surface area contributed by atoms with Crippen molar-refractivity contribution in [3.8, 4) is 0 Å². The molecule has 0 saturated carbocycles. The van der Waals surface area contributed by atoms with E-state index >= 15 is 0 Å². The molecule has 0 aliphatic carbocycles. The summed E-state index contributed by atoms with van der Waals surface area (Å²) in [5.41, 5.74) is 6.34. The van der Waals surface area contributed by atoms with E-state index < -0.39 is 0 Å². The fourth-order valence-corrected chi connectivity index (χ4v) is 0.416. The molecule has 0 aliphatic rings. The zero-order valence-electron chi connectivity index (χ0n) is 5.89. The highest BCUT2D eigenvalue weighted by atomic mass is 14.9. The van der Waals surface area contributed by atoms with E-state index in [1.165, 1.54) is 0 Å². The molecule has 0 radical (unpaired) electrons. The molecule has 0 bridgehead atoms. The van der Waals surface area contributed by atoms with Gasteiger partial charge in [-0.3, -0.25) is 0 Å². The van der Waals surface area contributed by atoms with Gasteiger partial charge in [0.2, 0.25) is 0 Å². The van der Waals surface area contributed by atoms with Gasteiger partial charge < -0.3 is 5.73 Å². The molecule has 2 N–H and O–H groups in total. The van der Waals surface area contributed by atoms with E-state index in [4.69, 9.17) is 5.73 Å². The van der Waals surface area contributed by atoms with Crippen LogP contribution in [0.3, 0.4) is 0 Å². The third-order valence-electron chi connectivity index (χ3n) is 0.641. The van der Waals surface area contributed by atoms with Crippen LogP contribution in [0.15, 0.2) is 29.5 Å². The highest BCUT2D eigenvalue weighted by Gasteiger charge is 1.79. The Morgan fingerprint density at radius 2 is 2.11 bits per heavy atom. The minimum atomic E-state index is 0.505. The zero-order valence-corrected chi connectivity index (χ0v) is 5.89. The van der Waals surface area contributed by atoms with Gasteiger partial charge in [-0.25, -0.2) is 4.99 Å². The second kappa shape index (κ2) is 3.89. The highest BCUT2D eigenvalue weighted by Crippen LogP contribution is 1.87. The number of nitrogens with two attached hydrogens (primary N) is 1. The molecule has 0 unspecified atom stereocenters. The smallest absolute Gasteiger partial charge is 0.123 e. The molecule has 9 heavy (non-hydrogen) atoms. The summed E-state index contributed by atoms with van der Waals surface area (Å²) in [5.74, 6) is 0.505. The molecule has 0 aromatic carbocycles. The number of hydrogen-bond donors (Lipinski definition) is 1. The highest BCUT2D eigenvalue weighted by molar-refractivity contribution is 5.80. The quantitative estimate of drug-likeness (QED) is 0.439. The number of allylic oxidation sites excluding steroid dienone is 2. The van der Waals surface area contributed by atoms with Crippen molar-refractivity contribution in [1.82, 2.24) is 0 Å². The Balaban J connectivity index is 4.05. The van der Waals surface area contributed by atoms with Crippen molar-refractivity contribution < 1.29 is 0 Å². The molecule has 0 aromatic heterocycles. The molecule has 0 aliphatic heterocycles. The number of aliphatic imine (C=N–C) groups is 1. The van der Waals surface area contributed by atoms with Crippen LogP contribution in [0.2, 0.25) is 0 Å². The summed E-state index contributed by atoms with van der Waals surface area (Å²) < 4.78 is 0. The lowest BCUT2D eigenvalue weighted by Crippen LogP contribution is -1.94. The van der Waals surface area contributed by atoms with Gasteiger partial charge in [0.25, 0.3) is 0 Å². The molecule has 0 heterocycles. The maximum absolute atomic E-state index is 5.39. The monoisotopic (exact) mass is 124 g/mol. The van der Waals surface area contributed by atoms with Crippen molar-refractivity contribution in [2.24, 2.45) is 10.7 Å². The van der Waals surface area contributed by atoms with Gasteiger partial charge in [-0.2, -0.15) is 0 Å². The fraction of sp³-hybridized carbons (Fsp3) is 0.286. The van der Waals surface area contributed by atoms with E-state index in [0.29, 0.717) is 5.82 Å². The van der Waals surface area contributed by atoms with Gasteiger partial charge in [0.1, 0.15) is 5.82 Å². The van der Waals surface area contributed by atoms with E-state index in [-0.39, 0.29) is 0 Å². The third-order valence-corrected chi connectivity index (χ3v) is 0.641. The average Bonchev–Trinajstić information content (AvgIpc) is 1.63. The van der Waals surface area contributed by atoms with Crippen LogP contribution in [-0.4, -0.2) is 5.71 Å². The predicted octanol–water partition coefficient (Wildman–Crippen LogP) is 1.45. The summed E-state index contributed by atoms with van der Waals surface area (Å²) in [6.45, 7) is 7.27. The molecular weight excluding hydrogens is 112 g/mol. The van der Waals surface area contributed by atoms with Gasteiger partial charge in [0.15, 0.2) is 0 Å². The SMILES string of the molecule is C=C/C=C(/N)N=C(C)C. The summed E-state index contributed by atoms with van der Waals surface area (Å²) >= 11 is 0. The third kappa shape index (κ3) is 4.81. The molecular formula is C7H12N2. The molecule has 0 aromatic rings.